The van der Waals surface area contributed by atoms with E-state index in [2.05, 4.69) is 20.3 Å². The van der Waals surface area contributed by atoms with Crippen molar-refractivity contribution in [2.45, 2.75) is 18.9 Å². The van der Waals surface area contributed by atoms with Crippen molar-refractivity contribution < 1.29 is 9.60 Å². The zero-order chi connectivity index (χ0) is 17.6. The van der Waals surface area contributed by atoms with Gasteiger partial charge in [-0.05, 0) is 37.1 Å². The van der Waals surface area contributed by atoms with Crippen LogP contribution in [0.4, 0.5) is 16.0 Å². The van der Waals surface area contributed by atoms with Crippen molar-refractivity contribution in [3.8, 4) is 0 Å². The van der Waals surface area contributed by atoms with Crippen LogP contribution in [-0.2, 0) is 0 Å². The number of hydrogen-bond acceptors (Lipinski definition) is 5. The van der Waals surface area contributed by atoms with E-state index in [1.54, 1.807) is 6.07 Å². The third-order valence-corrected chi connectivity index (χ3v) is 4.21. The molecule has 4 rings (SSSR count). The Hall–Kier alpha value is -2.71. The predicted molar refractivity (Wildman–Crippen MR) is 93.0 cm³/mol. The Morgan fingerprint density at radius 1 is 1.40 bits per heavy atom. The van der Waals surface area contributed by atoms with Crippen molar-refractivity contribution in [3.05, 3.63) is 46.9 Å². The largest absolute Gasteiger partial charge is 0.353 e. The predicted octanol–water partition coefficient (Wildman–Crippen LogP) is 3.55. The molecule has 1 aliphatic carbocycles. The first-order chi connectivity index (χ1) is 12.0. The van der Waals surface area contributed by atoms with Gasteiger partial charge in [-0.15, -0.1) is 0 Å². The summed E-state index contributed by atoms with van der Waals surface area (Å²) in [6.07, 6.45) is 3.71. The van der Waals surface area contributed by atoms with Gasteiger partial charge < -0.3 is 10.3 Å². The average Bonchev–Trinajstić information content (AvgIpc) is 3.31. The number of aromatic nitrogens is 3. The zero-order valence-corrected chi connectivity index (χ0v) is 13.7. The van der Waals surface area contributed by atoms with Crippen molar-refractivity contribution in [2.24, 2.45) is 0 Å². The van der Waals surface area contributed by atoms with Crippen LogP contribution >= 0.6 is 11.6 Å². The Morgan fingerprint density at radius 3 is 2.92 bits per heavy atom. The molecule has 0 saturated heterocycles. The van der Waals surface area contributed by atoms with Crippen LogP contribution in [0, 0.1) is 11.2 Å². The second-order valence-corrected chi connectivity index (χ2v) is 6.23. The number of H-pyrrole nitrogens is 1. The first kappa shape index (κ1) is 15.8. The fourth-order valence-electron chi connectivity index (χ4n) is 2.46. The Morgan fingerprint density at radius 2 is 2.20 bits per heavy atom. The van der Waals surface area contributed by atoms with Crippen LogP contribution in [0.25, 0.3) is 11.2 Å². The minimum Gasteiger partial charge on any atom is -0.353 e. The quantitative estimate of drug-likeness (QED) is 0.324. The topological polar surface area (TPSA) is 101 Å². The van der Waals surface area contributed by atoms with E-state index in [1.807, 2.05) is 0 Å². The van der Waals surface area contributed by atoms with Gasteiger partial charge in [0.25, 0.3) is 0 Å². The average molecular weight is 361 g/mol. The molecule has 0 unspecified atom stereocenters. The maximum Gasteiger partial charge on any atom is 0.202 e. The van der Waals surface area contributed by atoms with Crippen LogP contribution in [-0.4, -0.2) is 32.0 Å². The summed E-state index contributed by atoms with van der Waals surface area (Å²) in [7, 11) is 0. The van der Waals surface area contributed by atoms with Crippen molar-refractivity contribution in [2.75, 3.05) is 10.4 Å². The van der Waals surface area contributed by atoms with Crippen LogP contribution in [0.1, 0.15) is 18.4 Å². The SMILES string of the molecule is N=C(c1ccnc2nc(NC3CC3)[nH]c12)N(O)c1ccc(F)c(Cl)c1. The summed E-state index contributed by atoms with van der Waals surface area (Å²) < 4.78 is 13.3. The van der Waals surface area contributed by atoms with Gasteiger partial charge in [-0.3, -0.25) is 10.6 Å². The molecule has 128 valence electrons. The van der Waals surface area contributed by atoms with Crippen LogP contribution in [0.2, 0.25) is 5.02 Å². The summed E-state index contributed by atoms with van der Waals surface area (Å²) in [4.78, 5) is 11.6. The number of nitrogens with zero attached hydrogens (tertiary/aromatic N) is 3. The maximum atomic E-state index is 13.3. The highest BCUT2D eigenvalue weighted by Crippen LogP contribution is 2.27. The molecule has 0 atom stereocenters. The molecule has 1 saturated carbocycles. The maximum absolute atomic E-state index is 13.3. The molecule has 25 heavy (non-hydrogen) atoms. The number of amidine groups is 1. The fourth-order valence-corrected chi connectivity index (χ4v) is 2.63. The molecule has 1 fully saturated rings. The summed E-state index contributed by atoms with van der Waals surface area (Å²) in [6.45, 7) is 0. The number of halogens is 2. The lowest BCUT2D eigenvalue weighted by atomic mass is 10.2. The van der Waals surface area contributed by atoms with Crippen molar-refractivity contribution in [1.29, 1.82) is 5.41 Å². The monoisotopic (exact) mass is 360 g/mol. The highest BCUT2D eigenvalue weighted by atomic mass is 35.5. The minimum absolute atomic E-state index is 0.137. The van der Waals surface area contributed by atoms with Crippen LogP contribution in [0.5, 0.6) is 0 Å². The summed E-state index contributed by atoms with van der Waals surface area (Å²) in [6, 6.07) is 5.72. The second kappa shape index (κ2) is 5.98. The summed E-state index contributed by atoms with van der Waals surface area (Å²) in [5.74, 6) is -0.225. The standard InChI is InChI=1S/C16H14ClFN6O/c17-11-7-9(3-4-12(11)18)24(25)14(19)10-5-6-20-15-13(10)22-16(23-15)21-8-1-2-8/h3-8,19,25H,1-2H2,(H2,20,21,22,23). The van der Waals surface area contributed by atoms with E-state index in [1.165, 1.54) is 18.3 Å². The van der Waals surface area contributed by atoms with Gasteiger partial charge in [0.2, 0.25) is 5.95 Å². The Kier molecular flexibility index (Phi) is 3.78. The van der Waals surface area contributed by atoms with Crippen molar-refractivity contribution in [1.82, 2.24) is 15.0 Å². The molecule has 0 spiro atoms. The molecule has 2 aromatic heterocycles. The Labute approximate surface area is 146 Å². The number of nitrogens with one attached hydrogen (secondary N) is 3. The molecule has 3 aromatic rings. The smallest absolute Gasteiger partial charge is 0.202 e. The number of anilines is 2. The lowest BCUT2D eigenvalue weighted by Gasteiger charge is -2.18. The van der Waals surface area contributed by atoms with Gasteiger partial charge in [0.05, 0.1) is 16.2 Å². The third kappa shape index (κ3) is 3.01. The van der Waals surface area contributed by atoms with E-state index in [0.29, 0.717) is 33.8 Å². The molecule has 0 amide bonds. The molecule has 0 bridgehead atoms. The van der Waals surface area contributed by atoms with Gasteiger partial charge >= 0.3 is 0 Å². The number of benzene rings is 1. The molecule has 1 aliphatic rings. The number of imidazole rings is 1. The van der Waals surface area contributed by atoms with Crippen molar-refractivity contribution >= 4 is 40.2 Å². The van der Waals surface area contributed by atoms with Gasteiger partial charge in [0.1, 0.15) is 5.82 Å². The van der Waals surface area contributed by atoms with Crippen molar-refractivity contribution in [3.63, 3.8) is 0 Å². The molecule has 7 nitrogen and oxygen atoms in total. The van der Waals surface area contributed by atoms with Crippen LogP contribution in [0.3, 0.4) is 0 Å². The highest BCUT2D eigenvalue weighted by Gasteiger charge is 2.23. The third-order valence-electron chi connectivity index (χ3n) is 3.92. The Bertz CT molecular complexity index is 970. The van der Waals surface area contributed by atoms with E-state index in [0.717, 1.165) is 18.9 Å². The van der Waals surface area contributed by atoms with Crippen LogP contribution in [0.15, 0.2) is 30.5 Å². The number of fused-ring (bicyclic) bond motifs is 1. The number of pyridine rings is 1. The van der Waals surface area contributed by atoms with Gasteiger partial charge in [0.15, 0.2) is 11.5 Å². The first-order valence-corrected chi connectivity index (χ1v) is 8.05. The molecule has 4 N–H and O–H groups in total. The van der Waals surface area contributed by atoms with E-state index in [-0.39, 0.29) is 16.5 Å². The number of rotatable bonds is 4. The van der Waals surface area contributed by atoms with E-state index < -0.39 is 5.82 Å². The highest BCUT2D eigenvalue weighted by molar-refractivity contribution is 6.31. The fraction of sp³-hybridized carbons (Fsp3) is 0.188. The molecular formula is C16H14ClFN6O. The number of aromatic amines is 1. The van der Waals surface area contributed by atoms with Gasteiger partial charge in [-0.25, -0.2) is 14.4 Å². The van der Waals surface area contributed by atoms with E-state index in [4.69, 9.17) is 17.0 Å². The first-order valence-electron chi connectivity index (χ1n) is 7.67. The lowest BCUT2D eigenvalue weighted by molar-refractivity contribution is 0.312. The van der Waals surface area contributed by atoms with E-state index >= 15 is 0 Å². The molecule has 0 radical (unpaired) electrons. The number of hydroxylamine groups is 1. The molecule has 0 aliphatic heterocycles. The Balaban J connectivity index is 1.68. The lowest BCUT2D eigenvalue weighted by Crippen LogP contribution is -2.27. The molecule has 9 heteroatoms. The molecular weight excluding hydrogens is 347 g/mol. The minimum atomic E-state index is -0.596. The normalized spacial score (nSPS) is 13.9. The molecule has 2 heterocycles. The second-order valence-electron chi connectivity index (χ2n) is 5.82. The zero-order valence-electron chi connectivity index (χ0n) is 12.9. The van der Waals surface area contributed by atoms with Gasteiger partial charge in [0, 0.05) is 17.8 Å². The molecule has 1 aromatic carbocycles. The van der Waals surface area contributed by atoms with Gasteiger partial charge in [-0.1, -0.05) is 11.6 Å². The van der Waals surface area contributed by atoms with Crippen LogP contribution < -0.4 is 10.4 Å². The van der Waals surface area contributed by atoms with Gasteiger partial charge in [-0.2, -0.15) is 4.98 Å². The summed E-state index contributed by atoms with van der Waals surface area (Å²) in [5, 5.41) is 22.4. The summed E-state index contributed by atoms with van der Waals surface area (Å²) in [5.41, 5.74) is 1.56. The number of hydrogen-bond donors (Lipinski definition) is 4. The summed E-state index contributed by atoms with van der Waals surface area (Å²) >= 11 is 5.74. The van der Waals surface area contributed by atoms with E-state index in [9.17, 15) is 9.60 Å².